The summed E-state index contributed by atoms with van der Waals surface area (Å²) in [5.74, 6) is -0.282. The summed E-state index contributed by atoms with van der Waals surface area (Å²) in [6, 6.07) is 11.9. The van der Waals surface area contributed by atoms with E-state index in [4.69, 9.17) is 0 Å². The van der Waals surface area contributed by atoms with Gasteiger partial charge in [0.25, 0.3) is 0 Å². The Balaban J connectivity index is 2.59. The fourth-order valence-corrected chi connectivity index (χ4v) is 2.09. The van der Waals surface area contributed by atoms with Crippen molar-refractivity contribution in [2.75, 3.05) is 7.11 Å². The van der Waals surface area contributed by atoms with E-state index in [1.54, 1.807) is 6.07 Å². The van der Waals surface area contributed by atoms with Crippen molar-refractivity contribution in [2.45, 2.75) is 0 Å². The van der Waals surface area contributed by atoms with Crippen molar-refractivity contribution < 1.29 is 9.53 Å². The van der Waals surface area contributed by atoms with Crippen molar-refractivity contribution in [3.8, 4) is 0 Å². The zero-order chi connectivity index (χ0) is 10.8. The zero-order valence-corrected chi connectivity index (χ0v) is 10.8. The molecule has 0 aliphatic carbocycles. The molecule has 0 fully saturated rings. The second-order valence-corrected chi connectivity index (χ2v) is 4.71. The van der Waals surface area contributed by atoms with Gasteiger partial charge in [-0.25, -0.2) is 0 Å². The Labute approximate surface area is 106 Å². The first-order chi connectivity index (χ1) is 7.20. The fourth-order valence-electron chi connectivity index (χ4n) is 1.61. The Hall–Kier alpha value is -0.830. The van der Waals surface area contributed by atoms with Crippen LogP contribution in [0.25, 0.3) is 10.8 Å². The van der Waals surface area contributed by atoms with Gasteiger partial charge in [-0.1, -0.05) is 0 Å². The van der Waals surface area contributed by atoms with Crippen LogP contribution in [0.15, 0.2) is 36.4 Å². The van der Waals surface area contributed by atoms with Gasteiger partial charge >= 0.3 is 106 Å². The number of esters is 1. The molecule has 0 spiro atoms. The molecule has 0 N–H and O–H groups in total. The van der Waals surface area contributed by atoms with Crippen molar-refractivity contribution in [1.82, 2.24) is 0 Å². The molecule has 0 aromatic heterocycles. The SMILES string of the molecule is COC(=O)c1ccc2cc[c]([Na])cc2c1. The van der Waals surface area contributed by atoms with Crippen LogP contribution in [-0.4, -0.2) is 41.0 Å². The van der Waals surface area contributed by atoms with E-state index in [-0.39, 0.29) is 5.97 Å². The third-order valence-electron chi connectivity index (χ3n) is 2.42. The van der Waals surface area contributed by atoms with E-state index in [1.807, 2.05) is 12.1 Å². The average Bonchev–Trinajstić information content (AvgIpc) is 2.27. The van der Waals surface area contributed by atoms with E-state index < -0.39 is 0 Å². The van der Waals surface area contributed by atoms with Gasteiger partial charge in [-0.3, -0.25) is 0 Å². The molecule has 0 bridgehead atoms. The summed E-state index contributed by atoms with van der Waals surface area (Å²) in [6.45, 7) is 0. The molecule has 3 heteroatoms. The van der Waals surface area contributed by atoms with Crippen LogP contribution in [0.2, 0.25) is 0 Å². The summed E-state index contributed by atoms with van der Waals surface area (Å²) in [7, 11) is 1.40. The number of ether oxygens (including phenoxy) is 1. The molecule has 2 aromatic carbocycles. The van der Waals surface area contributed by atoms with Crippen molar-refractivity contribution in [3.63, 3.8) is 0 Å². The van der Waals surface area contributed by atoms with Crippen LogP contribution >= 0.6 is 0 Å². The van der Waals surface area contributed by atoms with Gasteiger partial charge in [0.1, 0.15) is 0 Å². The number of hydrogen-bond donors (Lipinski definition) is 0. The molecular formula is C12H9NaO2. The molecule has 0 unspecified atom stereocenters. The van der Waals surface area contributed by atoms with Crippen LogP contribution in [0.4, 0.5) is 0 Å². The summed E-state index contributed by atoms with van der Waals surface area (Å²) in [5.41, 5.74) is 0.609. The second-order valence-electron chi connectivity index (χ2n) is 3.56. The molecule has 2 nitrogen and oxygen atoms in total. The van der Waals surface area contributed by atoms with E-state index in [0.29, 0.717) is 5.56 Å². The molecule has 0 radical (unpaired) electrons. The van der Waals surface area contributed by atoms with Gasteiger partial charge in [0.05, 0.1) is 0 Å². The predicted octanol–water partition coefficient (Wildman–Crippen LogP) is 1.42. The van der Waals surface area contributed by atoms with Crippen LogP contribution in [0, 0.1) is 0 Å². The molecule has 2 rings (SSSR count). The Bertz CT molecular complexity index is 520. The molecule has 0 aliphatic heterocycles. The van der Waals surface area contributed by atoms with Crippen LogP contribution < -0.4 is 2.81 Å². The number of rotatable bonds is 1. The average molecular weight is 208 g/mol. The zero-order valence-electron chi connectivity index (χ0n) is 8.78. The Morgan fingerprint density at radius 1 is 1.13 bits per heavy atom. The van der Waals surface area contributed by atoms with E-state index >= 15 is 0 Å². The van der Waals surface area contributed by atoms with Crippen molar-refractivity contribution in [3.05, 3.63) is 42.0 Å². The molecule has 0 amide bonds. The maximum atomic E-state index is 11.3. The van der Waals surface area contributed by atoms with E-state index in [1.165, 1.54) is 9.92 Å². The van der Waals surface area contributed by atoms with Crippen LogP contribution in [0.1, 0.15) is 10.4 Å². The molecule has 0 saturated heterocycles. The Morgan fingerprint density at radius 2 is 1.87 bits per heavy atom. The standard InChI is InChI=1S/C12H9O2.Na/c1-14-12(13)11-7-6-9-4-2-3-5-10(9)8-11;/h2,4-8H,1H3;. The molecule has 0 saturated carbocycles. The van der Waals surface area contributed by atoms with Crippen molar-refractivity contribution >= 4 is 47.5 Å². The van der Waals surface area contributed by atoms with Gasteiger partial charge in [-0.05, 0) is 0 Å². The number of fused-ring (bicyclic) bond motifs is 1. The monoisotopic (exact) mass is 208 g/mol. The number of hydrogen-bond acceptors (Lipinski definition) is 2. The topological polar surface area (TPSA) is 26.3 Å². The molecule has 15 heavy (non-hydrogen) atoms. The van der Waals surface area contributed by atoms with Gasteiger partial charge in [0.2, 0.25) is 0 Å². The second kappa shape index (κ2) is 4.35. The third-order valence-corrected chi connectivity index (χ3v) is 3.04. The molecule has 0 aliphatic rings. The first kappa shape index (κ1) is 10.7. The first-order valence-corrected chi connectivity index (χ1v) is 5.79. The summed E-state index contributed by atoms with van der Waals surface area (Å²) >= 11 is 1.02. The van der Waals surface area contributed by atoms with Crippen molar-refractivity contribution in [2.24, 2.45) is 0 Å². The molecule has 0 atom stereocenters. The van der Waals surface area contributed by atoms with Crippen LogP contribution in [0.5, 0.6) is 0 Å². The maximum absolute atomic E-state index is 11.3. The summed E-state index contributed by atoms with van der Waals surface area (Å²) < 4.78 is 6.01. The van der Waals surface area contributed by atoms with Gasteiger partial charge in [-0.2, -0.15) is 0 Å². The van der Waals surface area contributed by atoms with Crippen LogP contribution in [0.3, 0.4) is 0 Å². The third kappa shape index (κ3) is 2.23. The van der Waals surface area contributed by atoms with Crippen molar-refractivity contribution in [1.29, 1.82) is 0 Å². The Morgan fingerprint density at radius 3 is 2.60 bits per heavy atom. The molecule has 0 heterocycles. The van der Waals surface area contributed by atoms with Crippen LogP contribution in [-0.2, 0) is 4.74 Å². The molecular weight excluding hydrogens is 199 g/mol. The Kier molecular flexibility index (Phi) is 3.10. The van der Waals surface area contributed by atoms with Gasteiger partial charge < -0.3 is 0 Å². The van der Waals surface area contributed by atoms with E-state index in [2.05, 4.69) is 22.9 Å². The normalized spacial score (nSPS) is 10.3. The van der Waals surface area contributed by atoms with E-state index in [9.17, 15) is 4.79 Å². The summed E-state index contributed by atoms with van der Waals surface area (Å²) in [4.78, 5) is 11.3. The minimum absolute atomic E-state index is 0.282. The summed E-state index contributed by atoms with van der Waals surface area (Å²) in [5, 5.41) is 2.26. The first-order valence-electron chi connectivity index (χ1n) is 4.79. The predicted molar refractivity (Wildman–Crippen MR) is 60.7 cm³/mol. The molecule has 70 valence electrons. The van der Waals surface area contributed by atoms with Gasteiger partial charge in [-0.15, -0.1) is 0 Å². The number of methoxy groups -OCH3 is 1. The van der Waals surface area contributed by atoms with Gasteiger partial charge in [0.15, 0.2) is 0 Å². The quantitative estimate of drug-likeness (QED) is 0.523. The number of carbonyl (C=O) groups excluding carboxylic acids is 1. The van der Waals surface area contributed by atoms with E-state index in [0.717, 1.165) is 38.7 Å². The van der Waals surface area contributed by atoms with Gasteiger partial charge in [0, 0.05) is 0 Å². The number of carbonyl (C=O) groups is 1. The number of benzene rings is 2. The minimum atomic E-state index is -0.282. The summed E-state index contributed by atoms with van der Waals surface area (Å²) in [6.07, 6.45) is 0. The molecule has 2 aromatic rings. The fraction of sp³-hybridized carbons (Fsp3) is 0.0833.